The fourth-order valence-corrected chi connectivity index (χ4v) is 2.97. The summed E-state index contributed by atoms with van der Waals surface area (Å²) >= 11 is 0. The number of allylic oxidation sites excluding steroid dienone is 2. The van der Waals surface area contributed by atoms with Crippen molar-refractivity contribution < 1.29 is 0 Å². The Morgan fingerprint density at radius 3 is 1.91 bits per heavy atom. The Bertz CT molecular complexity index is 676. The van der Waals surface area contributed by atoms with Crippen molar-refractivity contribution in [2.24, 2.45) is 10.8 Å². The molecule has 1 aliphatic rings. The van der Waals surface area contributed by atoms with Crippen LogP contribution in [0.2, 0.25) is 0 Å². The van der Waals surface area contributed by atoms with E-state index in [-0.39, 0.29) is 5.41 Å². The van der Waals surface area contributed by atoms with Crippen LogP contribution in [0.25, 0.3) is 11.1 Å². The first kappa shape index (κ1) is 14.9. The van der Waals surface area contributed by atoms with Gasteiger partial charge < -0.3 is 5.32 Å². The number of benzene rings is 2. The topological polar surface area (TPSA) is 12.0 Å². The van der Waals surface area contributed by atoms with Crippen LogP contribution in [0.4, 0.5) is 5.69 Å². The zero-order valence-corrected chi connectivity index (χ0v) is 14.0. The number of hydrogen-bond donors (Lipinski definition) is 1. The molecule has 0 aromatic heterocycles. The number of anilines is 1. The van der Waals surface area contributed by atoms with E-state index in [1.54, 1.807) is 0 Å². The normalized spacial score (nSPS) is 18.8. The van der Waals surface area contributed by atoms with Crippen molar-refractivity contribution in [2.45, 2.75) is 34.1 Å². The molecule has 1 N–H and O–H groups in total. The molecule has 1 heteroatoms. The van der Waals surface area contributed by atoms with Gasteiger partial charge in [0.1, 0.15) is 0 Å². The van der Waals surface area contributed by atoms with Gasteiger partial charge in [-0.3, -0.25) is 0 Å². The average Bonchev–Trinajstić information content (AvgIpc) is 2.71. The van der Waals surface area contributed by atoms with E-state index < -0.39 is 0 Å². The Morgan fingerprint density at radius 2 is 1.36 bits per heavy atom. The largest absolute Gasteiger partial charge is 0.359 e. The first-order valence-electron chi connectivity index (χ1n) is 8.03. The second-order valence-electron chi connectivity index (χ2n) is 7.40. The summed E-state index contributed by atoms with van der Waals surface area (Å²) in [6.45, 7) is 9.35. The fraction of sp³-hybridized carbons (Fsp3) is 0.333. The lowest BCUT2D eigenvalue weighted by molar-refractivity contribution is 0.180. The highest BCUT2D eigenvalue weighted by Gasteiger charge is 2.43. The van der Waals surface area contributed by atoms with Crippen LogP contribution in [-0.4, -0.2) is 0 Å². The van der Waals surface area contributed by atoms with Crippen molar-refractivity contribution >= 4 is 5.69 Å². The van der Waals surface area contributed by atoms with Gasteiger partial charge >= 0.3 is 0 Å². The fourth-order valence-electron chi connectivity index (χ4n) is 2.97. The first-order chi connectivity index (χ1) is 10.4. The van der Waals surface area contributed by atoms with Gasteiger partial charge in [0.25, 0.3) is 0 Å². The molecule has 0 saturated carbocycles. The molecule has 0 bridgehead atoms. The maximum atomic E-state index is 3.63. The number of rotatable bonds is 3. The molecule has 114 valence electrons. The molecule has 1 nitrogen and oxygen atoms in total. The van der Waals surface area contributed by atoms with Crippen molar-refractivity contribution in [1.82, 2.24) is 0 Å². The molecule has 0 fully saturated rings. The maximum absolute atomic E-state index is 3.63. The summed E-state index contributed by atoms with van der Waals surface area (Å²) in [6.07, 6.45) is 3.48. The molecular weight excluding hydrogens is 266 g/mol. The Hall–Kier alpha value is -2.02. The molecule has 2 aromatic carbocycles. The molecular formula is C21H25N. The smallest absolute Gasteiger partial charge is 0.0382 e. The quantitative estimate of drug-likeness (QED) is 0.720. The predicted octanol–water partition coefficient (Wildman–Crippen LogP) is 6.11. The van der Waals surface area contributed by atoms with E-state index in [9.17, 15) is 0 Å². The second kappa shape index (κ2) is 5.31. The second-order valence-corrected chi connectivity index (χ2v) is 7.40. The highest BCUT2D eigenvalue weighted by atomic mass is 14.9. The molecule has 0 atom stereocenters. The number of nitrogens with one attached hydrogen (secondary N) is 1. The molecule has 3 rings (SSSR count). The summed E-state index contributed by atoms with van der Waals surface area (Å²) in [5, 5.41) is 3.63. The zero-order valence-electron chi connectivity index (χ0n) is 14.0. The summed E-state index contributed by atoms with van der Waals surface area (Å²) < 4.78 is 0. The van der Waals surface area contributed by atoms with Gasteiger partial charge in [-0.15, -0.1) is 0 Å². The minimum absolute atomic E-state index is 0.172. The molecule has 0 aliphatic heterocycles. The summed E-state index contributed by atoms with van der Waals surface area (Å²) in [5.74, 6) is 0. The van der Waals surface area contributed by atoms with E-state index in [2.05, 4.69) is 93.7 Å². The molecule has 0 spiro atoms. The SMILES string of the molecule is CC1(C)CC=C(Nc2ccc(-c3ccccc3)cc2)C1(C)C. The first-order valence-corrected chi connectivity index (χ1v) is 8.03. The highest BCUT2D eigenvalue weighted by molar-refractivity contribution is 5.66. The van der Waals surface area contributed by atoms with Crippen LogP contribution >= 0.6 is 0 Å². The molecule has 0 radical (unpaired) electrons. The molecule has 22 heavy (non-hydrogen) atoms. The van der Waals surface area contributed by atoms with Gasteiger partial charge in [-0.2, -0.15) is 0 Å². The van der Waals surface area contributed by atoms with Gasteiger partial charge in [-0.1, -0.05) is 76.2 Å². The van der Waals surface area contributed by atoms with Gasteiger partial charge in [0.05, 0.1) is 0 Å². The van der Waals surface area contributed by atoms with Crippen LogP contribution in [0.3, 0.4) is 0 Å². The van der Waals surface area contributed by atoms with E-state index >= 15 is 0 Å². The zero-order chi connectivity index (χ0) is 15.8. The summed E-state index contributed by atoms with van der Waals surface area (Å²) in [7, 11) is 0. The molecule has 2 aromatic rings. The lowest BCUT2D eigenvalue weighted by Crippen LogP contribution is -2.31. The Labute approximate surface area is 134 Å². The van der Waals surface area contributed by atoms with Crippen LogP contribution in [0.5, 0.6) is 0 Å². The van der Waals surface area contributed by atoms with Crippen LogP contribution in [0, 0.1) is 10.8 Å². The van der Waals surface area contributed by atoms with E-state index in [1.807, 2.05) is 0 Å². The van der Waals surface area contributed by atoms with Crippen molar-refractivity contribution in [3.63, 3.8) is 0 Å². The third-order valence-electron chi connectivity index (χ3n) is 5.45. The van der Waals surface area contributed by atoms with Gasteiger partial charge in [-0.05, 0) is 35.1 Å². The average molecular weight is 291 g/mol. The Kier molecular flexibility index (Phi) is 3.60. The minimum atomic E-state index is 0.172. The van der Waals surface area contributed by atoms with Crippen molar-refractivity contribution in [2.75, 3.05) is 5.32 Å². The van der Waals surface area contributed by atoms with E-state index in [1.165, 1.54) is 16.8 Å². The lowest BCUT2D eigenvalue weighted by atomic mass is 9.69. The van der Waals surface area contributed by atoms with Crippen LogP contribution in [0.1, 0.15) is 34.1 Å². The van der Waals surface area contributed by atoms with E-state index in [0.29, 0.717) is 5.41 Å². The molecule has 0 unspecified atom stereocenters. The predicted molar refractivity (Wildman–Crippen MR) is 95.8 cm³/mol. The van der Waals surface area contributed by atoms with Crippen molar-refractivity contribution in [1.29, 1.82) is 0 Å². The summed E-state index contributed by atoms with van der Waals surface area (Å²) in [4.78, 5) is 0. The Morgan fingerprint density at radius 1 is 0.773 bits per heavy atom. The van der Waals surface area contributed by atoms with Crippen LogP contribution < -0.4 is 5.32 Å². The van der Waals surface area contributed by atoms with E-state index in [4.69, 9.17) is 0 Å². The summed E-state index contributed by atoms with van der Waals surface area (Å²) in [6, 6.07) is 19.2. The third-order valence-corrected chi connectivity index (χ3v) is 5.45. The van der Waals surface area contributed by atoms with Gasteiger partial charge in [0, 0.05) is 16.8 Å². The maximum Gasteiger partial charge on any atom is 0.0382 e. The van der Waals surface area contributed by atoms with Gasteiger partial charge in [0.2, 0.25) is 0 Å². The molecule has 0 amide bonds. The highest BCUT2D eigenvalue weighted by Crippen LogP contribution is 2.51. The van der Waals surface area contributed by atoms with Gasteiger partial charge in [-0.25, -0.2) is 0 Å². The lowest BCUT2D eigenvalue weighted by Gasteiger charge is -2.38. The summed E-state index contributed by atoms with van der Waals surface area (Å²) in [5.41, 5.74) is 5.49. The standard InChI is InChI=1S/C21H25N/c1-20(2)15-14-19(21(20,3)4)22-18-12-10-17(11-13-18)16-8-6-5-7-9-16/h5-14,22H,15H2,1-4H3. The van der Waals surface area contributed by atoms with Crippen LogP contribution in [0.15, 0.2) is 66.4 Å². The third kappa shape index (κ3) is 2.56. The molecule has 0 saturated heterocycles. The molecule has 0 heterocycles. The monoisotopic (exact) mass is 291 g/mol. The van der Waals surface area contributed by atoms with E-state index in [0.717, 1.165) is 12.1 Å². The Balaban J connectivity index is 1.78. The van der Waals surface area contributed by atoms with Crippen molar-refractivity contribution in [3.05, 3.63) is 66.4 Å². The van der Waals surface area contributed by atoms with Crippen molar-refractivity contribution in [3.8, 4) is 11.1 Å². The molecule has 1 aliphatic carbocycles. The van der Waals surface area contributed by atoms with Gasteiger partial charge in [0.15, 0.2) is 0 Å². The van der Waals surface area contributed by atoms with Crippen LogP contribution in [-0.2, 0) is 0 Å². The minimum Gasteiger partial charge on any atom is -0.359 e. The number of hydrogen-bond acceptors (Lipinski definition) is 1.